The van der Waals surface area contributed by atoms with Crippen LogP contribution >= 0.6 is 0 Å². The highest BCUT2D eigenvalue weighted by atomic mass is 16.5. The van der Waals surface area contributed by atoms with Crippen molar-refractivity contribution < 1.29 is 18.7 Å². The molecule has 0 saturated heterocycles. The first-order valence-electron chi connectivity index (χ1n) is 10.6. The van der Waals surface area contributed by atoms with Gasteiger partial charge in [-0.15, -0.1) is 5.10 Å². The summed E-state index contributed by atoms with van der Waals surface area (Å²) in [4.78, 5) is 21.8. The monoisotopic (exact) mass is 475 g/mol. The van der Waals surface area contributed by atoms with Crippen LogP contribution in [0.3, 0.4) is 0 Å². The molecule has 0 N–H and O–H groups in total. The van der Waals surface area contributed by atoms with E-state index < -0.39 is 0 Å². The van der Waals surface area contributed by atoms with Gasteiger partial charge in [-0.1, -0.05) is 40.7 Å². The third kappa shape index (κ3) is 4.16. The zero-order chi connectivity index (χ0) is 24.4. The zero-order valence-corrected chi connectivity index (χ0v) is 19.2. The van der Waals surface area contributed by atoms with E-state index in [1.807, 2.05) is 30.3 Å². The van der Waals surface area contributed by atoms with Crippen molar-refractivity contribution in [2.24, 2.45) is 0 Å². The van der Waals surface area contributed by atoms with Crippen molar-refractivity contribution in [2.75, 3.05) is 21.3 Å². The Morgan fingerprint density at radius 2 is 1.71 bits per heavy atom. The van der Waals surface area contributed by atoms with E-state index in [1.165, 1.54) is 32.2 Å². The van der Waals surface area contributed by atoms with E-state index in [4.69, 9.17) is 18.7 Å². The van der Waals surface area contributed by atoms with Crippen molar-refractivity contribution in [2.45, 2.75) is 13.1 Å². The normalized spacial score (nSPS) is 11.1. The Morgan fingerprint density at radius 1 is 0.971 bits per heavy atom. The first-order chi connectivity index (χ1) is 17.1. The molecule has 0 radical (unpaired) electrons. The lowest BCUT2D eigenvalue weighted by atomic mass is 10.1. The fourth-order valence-electron chi connectivity index (χ4n) is 3.65. The zero-order valence-electron chi connectivity index (χ0n) is 19.2. The van der Waals surface area contributed by atoms with Gasteiger partial charge < -0.3 is 18.7 Å². The Morgan fingerprint density at radius 3 is 2.40 bits per heavy atom. The average molecular weight is 475 g/mol. The molecule has 12 heteroatoms. The molecule has 0 bridgehead atoms. The Balaban J connectivity index is 1.41. The molecule has 0 amide bonds. The maximum absolute atomic E-state index is 13.0. The SMILES string of the molecule is COc1cc(-c2noc(Cn3cnc4c(nnn4Cc4ccccc4)c3=O)n2)cc(OC)c1OC. The number of benzene rings is 2. The summed E-state index contributed by atoms with van der Waals surface area (Å²) in [5.41, 5.74) is 1.82. The topological polar surface area (TPSA) is 132 Å². The molecule has 0 aliphatic rings. The lowest BCUT2D eigenvalue weighted by Crippen LogP contribution is -2.21. The highest BCUT2D eigenvalue weighted by Crippen LogP contribution is 2.40. The largest absolute Gasteiger partial charge is 0.493 e. The van der Waals surface area contributed by atoms with Gasteiger partial charge in [0.05, 0.1) is 27.9 Å². The van der Waals surface area contributed by atoms with E-state index in [2.05, 4.69) is 25.4 Å². The van der Waals surface area contributed by atoms with E-state index in [0.717, 1.165) is 5.56 Å². The summed E-state index contributed by atoms with van der Waals surface area (Å²) < 4.78 is 24.4. The van der Waals surface area contributed by atoms with Gasteiger partial charge >= 0.3 is 0 Å². The molecule has 2 aromatic carbocycles. The number of hydrogen-bond donors (Lipinski definition) is 0. The smallest absolute Gasteiger partial charge is 0.283 e. The highest BCUT2D eigenvalue weighted by Gasteiger charge is 2.19. The van der Waals surface area contributed by atoms with Crippen LogP contribution in [0, 0.1) is 0 Å². The third-order valence-electron chi connectivity index (χ3n) is 5.36. The summed E-state index contributed by atoms with van der Waals surface area (Å²) in [6.45, 7) is 0.473. The first-order valence-corrected chi connectivity index (χ1v) is 10.6. The quantitative estimate of drug-likeness (QED) is 0.329. The minimum atomic E-state index is -0.359. The number of rotatable bonds is 8. The molecule has 5 aromatic rings. The minimum Gasteiger partial charge on any atom is -0.493 e. The predicted octanol–water partition coefficient (Wildman–Crippen LogP) is 2.16. The minimum absolute atomic E-state index is 0.0186. The van der Waals surface area contributed by atoms with Gasteiger partial charge in [-0.2, -0.15) is 4.98 Å². The highest BCUT2D eigenvalue weighted by molar-refractivity contribution is 5.68. The van der Waals surface area contributed by atoms with Crippen LogP contribution in [-0.2, 0) is 13.1 Å². The standard InChI is InChI=1S/C23H21N7O5/c1-32-16-9-15(10-17(33-2)20(16)34-3)21-25-18(35-27-21)12-29-13-24-22-19(23(29)31)26-28-30(22)11-14-7-5-4-6-8-14/h4-10,13H,11-12H2,1-3H3. The molecule has 0 aliphatic heterocycles. The second-order valence-corrected chi connectivity index (χ2v) is 7.51. The van der Waals surface area contributed by atoms with Crippen LogP contribution < -0.4 is 19.8 Å². The molecule has 0 fully saturated rings. The van der Waals surface area contributed by atoms with Gasteiger partial charge in [0.15, 0.2) is 22.7 Å². The van der Waals surface area contributed by atoms with Crippen molar-refractivity contribution >= 4 is 11.2 Å². The van der Waals surface area contributed by atoms with Gasteiger partial charge in [0.1, 0.15) is 12.9 Å². The summed E-state index contributed by atoms with van der Waals surface area (Å²) in [7, 11) is 4.57. The molecule has 0 aliphatic carbocycles. The number of fused-ring (bicyclic) bond motifs is 1. The van der Waals surface area contributed by atoms with Crippen molar-refractivity contribution in [3.05, 3.63) is 70.6 Å². The van der Waals surface area contributed by atoms with Crippen molar-refractivity contribution in [1.29, 1.82) is 0 Å². The van der Waals surface area contributed by atoms with E-state index in [9.17, 15) is 4.79 Å². The molecule has 0 atom stereocenters. The maximum atomic E-state index is 13.0. The molecule has 0 spiro atoms. The summed E-state index contributed by atoms with van der Waals surface area (Å²) in [6, 6.07) is 13.2. The first kappa shape index (κ1) is 22.1. The molecule has 0 unspecified atom stereocenters. The molecular weight excluding hydrogens is 454 g/mol. The molecule has 35 heavy (non-hydrogen) atoms. The number of ether oxygens (including phenoxy) is 3. The van der Waals surface area contributed by atoms with Gasteiger partial charge in [-0.3, -0.25) is 9.36 Å². The molecule has 178 valence electrons. The average Bonchev–Trinajstić information content (AvgIpc) is 3.53. The number of nitrogens with zero attached hydrogens (tertiary/aromatic N) is 7. The van der Waals surface area contributed by atoms with E-state index in [1.54, 1.807) is 16.8 Å². The predicted molar refractivity (Wildman–Crippen MR) is 124 cm³/mol. The van der Waals surface area contributed by atoms with Crippen LogP contribution in [0.15, 0.2) is 58.1 Å². The van der Waals surface area contributed by atoms with Gasteiger partial charge in [-0.25, -0.2) is 9.67 Å². The van der Waals surface area contributed by atoms with Crippen LogP contribution in [-0.4, -0.2) is 56.0 Å². The molecule has 0 saturated carbocycles. The van der Waals surface area contributed by atoms with Crippen molar-refractivity contribution in [3.8, 4) is 28.6 Å². The maximum Gasteiger partial charge on any atom is 0.283 e. The number of methoxy groups -OCH3 is 3. The fourth-order valence-corrected chi connectivity index (χ4v) is 3.65. The fraction of sp³-hybridized carbons (Fsp3) is 0.217. The van der Waals surface area contributed by atoms with Crippen LogP contribution in [0.2, 0.25) is 0 Å². The van der Waals surface area contributed by atoms with Crippen LogP contribution in [0.25, 0.3) is 22.6 Å². The van der Waals surface area contributed by atoms with Gasteiger partial charge in [0, 0.05) is 5.56 Å². The Bertz CT molecular complexity index is 1520. The summed E-state index contributed by atoms with van der Waals surface area (Å²) >= 11 is 0. The lowest BCUT2D eigenvalue weighted by Gasteiger charge is -2.12. The molecule has 3 heterocycles. The Hall–Kier alpha value is -4.74. The van der Waals surface area contributed by atoms with E-state index in [-0.39, 0.29) is 23.5 Å². The van der Waals surface area contributed by atoms with Gasteiger partial charge in [-0.05, 0) is 17.7 Å². The molecule has 12 nitrogen and oxygen atoms in total. The van der Waals surface area contributed by atoms with Gasteiger partial charge in [0.2, 0.25) is 17.5 Å². The number of hydrogen-bond acceptors (Lipinski definition) is 10. The van der Waals surface area contributed by atoms with Crippen LogP contribution in [0.4, 0.5) is 0 Å². The van der Waals surface area contributed by atoms with E-state index >= 15 is 0 Å². The Kier molecular flexibility index (Phi) is 5.83. The van der Waals surface area contributed by atoms with Gasteiger partial charge in [0.25, 0.3) is 5.56 Å². The Labute approximate surface area is 198 Å². The summed E-state index contributed by atoms with van der Waals surface area (Å²) in [5.74, 6) is 1.88. The van der Waals surface area contributed by atoms with Crippen LogP contribution in [0.1, 0.15) is 11.5 Å². The molecule has 3 aromatic heterocycles. The van der Waals surface area contributed by atoms with Crippen molar-refractivity contribution in [1.82, 2.24) is 34.7 Å². The second-order valence-electron chi connectivity index (χ2n) is 7.51. The summed E-state index contributed by atoms with van der Waals surface area (Å²) in [6.07, 6.45) is 1.42. The van der Waals surface area contributed by atoms with Crippen molar-refractivity contribution in [3.63, 3.8) is 0 Å². The van der Waals surface area contributed by atoms with E-state index in [0.29, 0.717) is 40.8 Å². The lowest BCUT2D eigenvalue weighted by molar-refractivity contribution is 0.324. The van der Waals surface area contributed by atoms with Crippen LogP contribution in [0.5, 0.6) is 17.2 Å². The molecular formula is C23H21N7O5. The second kappa shape index (κ2) is 9.25. The molecule has 5 rings (SSSR count). The summed E-state index contributed by atoms with van der Waals surface area (Å²) in [5, 5.41) is 12.2. The number of aromatic nitrogens is 7. The third-order valence-corrected chi connectivity index (χ3v) is 5.36.